The topological polar surface area (TPSA) is 92.1 Å². The van der Waals surface area contributed by atoms with Crippen LogP contribution in [0.4, 0.5) is 4.39 Å². The number of benzene rings is 1. The highest BCUT2D eigenvalue weighted by molar-refractivity contribution is 5.90. The van der Waals surface area contributed by atoms with Crippen molar-refractivity contribution in [1.82, 2.24) is 25.4 Å². The zero-order chi connectivity index (χ0) is 17.1. The van der Waals surface area contributed by atoms with Crippen LogP contribution in [0.1, 0.15) is 23.4 Å². The van der Waals surface area contributed by atoms with Gasteiger partial charge in [0.2, 0.25) is 5.82 Å². The van der Waals surface area contributed by atoms with Crippen molar-refractivity contribution in [3.8, 4) is 5.69 Å². The van der Waals surface area contributed by atoms with E-state index in [0.29, 0.717) is 31.9 Å². The van der Waals surface area contributed by atoms with Crippen LogP contribution in [0.15, 0.2) is 24.3 Å². The van der Waals surface area contributed by atoms with E-state index in [1.54, 1.807) is 18.2 Å². The molecule has 2 heterocycles. The average molecular weight is 333 g/mol. The molecule has 1 amide bonds. The first-order chi connectivity index (χ1) is 11.6. The number of para-hydroxylation sites is 1. The Kier molecular flexibility index (Phi) is 4.86. The van der Waals surface area contributed by atoms with Crippen LogP contribution in [-0.4, -0.2) is 51.5 Å². The third-order valence-corrected chi connectivity index (χ3v) is 4.10. The lowest BCUT2D eigenvalue weighted by Crippen LogP contribution is -2.34. The average Bonchev–Trinajstić information content (AvgIpc) is 3.19. The summed E-state index contributed by atoms with van der Waals surface area (Å²) in [6, 6.07) is 6.22. The van der Waals surface area contributed by atoms with Gasteiger partial charge in [0.05, 0.1) is 6.10 Å². The third-order valence-electron chi connectivity index (χ3n) is 4.10. The quantitative estimate of drug-likeness (QED) is 0.731. The molecule has 2 unspecified atom stereocenters. The number of carbonyl (C=O) groups is 1. The number of nitrogens with zero attached hydrogens (tertiary/aromatic N) is 3. The predicted octanol–water partition coefficient (Wildman–Crippen LogP) is 0.279. The van der Waals surface area contributed by atoms with Gasteiger partial charge in [-0.2, -0.15) is 0 Å². The van der Waals surface area contributed by atoms with E-state index in [-0.39, 0.29) is 17.4 Å². The number of β-amino-alcohol motifs (C(OH)–C–C–N with tert-alkyl or cyclic N) is 1. The lowest BCUT2D eigenvalue weighted by molar-refractivity contribution is 0.0917. The van der Waals surface area contributed by atoms with Gasteiger partial charge >= 0.3 is 0 Å². The maximum Gasteiger partial charge on any atom is 0.290 e. The Morgan fingerprint density at radius 1 is 1.46 bits per heavy atom. The van der Waals surface area contributed by atoms with Gasteiger partial charge in [0, 0.05) is 32.0 Å². The molecule has 2 aromatic rings. The normalized spacial score (nSPS) is 20.3. The number of carbonyl (C=O) groups excluding carboxylic acids is 1. The van der Waals surface area contributed by atoms with Gasteiger partial charge in [-0.3, -0.25) is 4.79 Å². The van der Waals surface area contributed by atoms with Crippen LogP contribution in [0, 0.1) is 11.7 Å². The summed E-state index contributed by atoms with van der Waals surface area (Å²) in [6.45, 7) is 3.38. The van der Waals surface area contributed by atoms with Crippen molar-refractivity contribution in [3.63, 3.8) is 0 Å². The molecular weight excluding hydrogens is 313 g/mol. The Morgan fingerprint density at radius 2 is 2.25 bits per heavy atom. The van der Waals surface area contributed by atoms with Crippen LogP contribution < -0.4 is 10.6 Å². The summed E-state index contributed by atoms with van der Waals surface area (Å²) in [6.07, 6.45) is 0.0419. The molecule has 1 aliphatic heterocycles. The molecule has 0 saturated carbocycles. The van der Waals surface area contributed by atoms with Crippen LogP contribution in [0.3, 0.4) is 0 Å². The van der Waals surface area contributed by atoms with Crippen LogP contribution in [0.5, 0.6) is 0 Å². The van der Waals surface area contributed by atoms with E-state index in [1.807, 2.05) is 6.92 Å². The maximum absolute atomic E-state index is 14.0. The Bertz CT molecular complexity index is 733. The smallest absolute Gasteiger partial charge is 0.290 e. The molecule has 0 radical (unpaired) electrons. The highest BCUT2D eigenvalue weighted by atomic mass is 19.1. The molecule has 1 aliphatic rings. The van der Waals surface area contributed by atoms with Crippen molar-refractivity contribution >= 4 is 5.91 Å². The van der Waals surface area contributed by atoms with E-state index in [4.69, 9.17) is 0 Å². The number of aryl methyl sites for hydroxylation is 1. The molecule has 7 nitrogen and oxygen atoms in total. The summed E-state index contributed by atoms with van der Waals surface area (Å²) in [5, 5.41) is 19.7. The molecule has 0 aliphatic carbocycles. The van der Waals surface area contributed by atoms with Gasteiger partial charge in [-0.15, -0.1) is 5.10 Å². The summed E-state index contributed by atoms with van der Waals surface area (Å²) in [7, 11) is 0. The first-order valence-electron chi connectivity index (χ1n) is 7.98. The van der Waals surface area contributed by atoms with E-state index in [9.17, 15) is 14.3 Å². The number of aliphatic hydroxyl groups is 1. The van der Waals surface area contributed by atoms with Crippen LogP contribution in [0.2, 0.25) is 0 Å². The molecule has 1 aromatic heterocycles. The van der Waals surface area contributed by atoms with Crippen molar-refractivity contribution in [2.45, 2.75) is 19.4 Å². The largest absolute Gasteiger partial charge is 0.391 e. The SMILES string of the molecule is CCc1nc(C(=O)NCC2CNCC2O)nn1-c1ccccc1F. The van der Waals surface area contributed by atoms with Gasteiger partial charge in [-0.05, 0) is 12.1 Å². The zero-order valence-electron chi connectivity index (χ0n) is 13.4. The number of hydrogen-bond donors (Lipinski definition) is 3. The lowest BCUT2D eigenvalue weighted by atomic mass is 10.1. The minimum atomic E-state index is -0.472. The molecule has 24 heavy (non-hydrogen) atoms. The minimum Gasteiger partial charge on any atom is -0.391 e. The second-order valence-electron chi connectivity index (χ2n) is 5.76. The summed E-state index contributed by atoms with van der Waals surface area (Å²) >= 11 is 0. The monoisotopic (exact) mass is 333 g/mol. The molecule has 1 aromatic carbocycles. The molecule has 3 rings (SSSR count). The van der Waals surface area contributed by atoms with Crippen molar-refractivity contribution in [1.29, 1.82) is 0 Å². The molecule has 3 N–H and O–H groups in total. The molecule has 0 bridgehead atoms. The molecule has 1 saturated heterocycles. The van der Waals surface area contributed by atoms with Crippen molar-refractivity contribution in [2.24, 2.45) is 5.92 Å². The third kappa shape index (κ3) is 3.29. The van der Waals surface area contributed by atoms with Gasteiger partial charge in [-0.1, -0.05) is 19.1 Å². The van der Waals surface area contributed by atoms with E-state index < -0.39 is 17.8 Å². The van der Waals surface area contributed by atoms with E-state index in [0.717, 1.165) is 0 Å². The standard InChI is InChI=1S/C16H20FN5O2/c1-2-14-20-15(16(24)19-8-10-7-18-9-13(10)23)21-22(14)12-6-4-3-5-11(12)17/h3-6,10,13,18,23H,2,7-9H2,1H3,(H,19,24). The molecule has 128 valence electrons. The van der Waals surface area contributed by atoms with Gasteiger partial charge < -0.3 is 15.7 Å². The van der Waals surface area contributed by atoms with Crippen molar-refractivity contribution < 1.29 is 14.3 Å². The van der Waals surface area contributed by atoms with Gasteiger partial charge in [0.1, 0.15) is 17.3 Å². The first kappa shape index (κ1) is 16.5. The molecule has 8 heteroatoms. The second-order valence-corrected chi connectivity index (χ2v) is 5.76. The van der Waals surface area contributed by atoms with Crippen molar-refractivity contribution in [2.75, 3.05) is 19.6 Å². The van der Waals surface area contributed by atoms with E-state index in [2.05, 4.69) is 20.7 Å². The highest BCUT2D eigenvalue weighted by Gasteiger charge is 2.26. The number of aliphatic hydroxyl groups excluding tert-OH is 1. The molecule has 0 spiro atoms. The molecular formula is C16H20FN5O2. The summed E-state index contributed by atoms with van der Waals surface area (Å²) in [5.74, 6) is -0.389. The van der Waals surface area contributed by atoms with Gasteiger partial charge in [-0.25, -0.2) is 14.1 Å². The van der Waals surface area contributed by atoms with Crippen LogP contribution in [-0.2, 0) is 6.42 Å². The number of amides is 1. The first-order valence-corrected chi connectivity index (χ1v) is 7.98. The minimum absolute atomic E-state index is 0.00412. The van der Waals surface area contributed by atoms with E-state index >= 15 is 0 Å². The van der Waals surface area contributed by atoms with Gasteiger partial charge in [0.15, 0.2) is 0 Å². The second kappa shape index (κ2) is 7.06. The lowest BCUT2D eigenvalue weighted by Gasteiger charge is -2.12. The van der Waals surface area contributed by atoms with Gasteiger partial charge in [0.25, 0.3) is 5.91 Å². The Labute approximate surface area is 138 Å². The number of nitrogens with one attached hydrogen (secondary N) is 2. The zero-order valence-corrected chi connectivity index (χ0v) is 13.4. The predicted molar refractivity (Wildman–Crippen MR) is 85.4 cm³/mol. The molecule has 2 atom stereocenters. The highest BCUT2D eigenvalue weighted by Crippen LogP contribution is 2.15. The molecule has 1 fully saturated rings. The maximum atomic E-state index is 14.0. The Hall–Kier alpha value is -2.32. The van der Waals surface area contributed by atoms with Crippen LogP contribution >= 0.6 is 0 Å². The number of halogens is 1. The number of aromatic nitrogens is 3. The summed E-state index contributed by atoms with van der Waals surface area (Å²) in [5.41, 5.74) is 0.260. The Balaban J connectivity index is 1.77. The fourth-order valence-corrected chi connectivity index (χ4v) is 2.72. The number of hydrogen-bond acceptors (Lipinski definition) is 5. The summed E-state index contributed by atoms with van der Waals surface area (Å²) in [4.78, 5) is 16.5. The van der Waals surface area contributed by atoms with Crippen molar-refractivity contribution in [3.05, 3.63) is 41.7 Å². The fourth-order valence-electron chi connectivity index (χ4n) is 2.72. The fraction of sp³-hybridized carbons (Fsp3) is 0.438. The Morgan fingerprint density at radius 3 is 2.92 bits per heavy atom. The number of rotatable bonds is 5. The summed E-state index contributed by atoms with van der Waals surface area (Å²) < 4.78 is 15.3. The van der Waals surface area contributed by atoms with Crippen LogP contribution in [0.25, 0.3) is 5.69 Å². The van der Waals surface area contributed by atoms with E-state index in [1.165, 1.54) is 10.7 Å².